The van der Waals surface area contributed by atoms with E-state index in [1.165, 1.54) is 0 Å². The zero-order chi connectivity index (χ0) is 13.7. The second-order valence-corrected chi connectivity index (χ2v) is 4.54. The standard InChI is InChI=1S/C14H18N4O/c1-11-4-5-13(10-15-11)12(2)17-14(19)6-9-18-8-3-7-16-18/h3-5,7-8,10,12H,6,9H2,1-2H3,(H,17,19)/t12-/m0/s1. The fourth-order valence-corrected chi connectivity index (χ4v) is 1.78. The van der Waals surface area contributed by atoms with E-state index in [2.05, 4.69) is 15.4 Å². The zero-order valence-corrected chi connectivity index (χ0v) is 11.2. The minimum Gasteiger partial charge on any atom is -0.349 e. The maximum Gasteiger partial charge on any atom is 0.222 e. The molecule has 2 aromatic heterocycles. The van der Waals surface area contributed by atoms with Gasteiger partial charge < -0.3 is 5.32 Å². The summed E-state index contributed by atoms with van der Waals surface area (Å²) in [5.74, 6) is 0.0172. The van der Waals surface area contributed by atoms with Crippen LogP contribution in [0, 0.1) is 6.92 Å². The van der Waals surface area contributed by atoms with Gasteiger partial charge in [0.05, 0.1) is 6.04 Å². The number of nitrogens with zero attached hydrogens (tertiary/aromatic N) is 3. The molecular formula is C14H18N4O. The van der Waals surface area contributed by atoms with Crippen LogP contribution in [0.4, 0.5) is 0 Å². The largest absolute Gasteiger partial charge is 0.349 e. The molecule has 2 heterocycles. The van der Waals surface area contributed by atoms with E-state index < -0.39 is 0 Å². The van der Waals surface area contributed by atoms with Gasteiger partial charge in [-0.1, -0.05) is 6.07 Å². The summed E-state index contributed by atoms with van der Waals surface area (Å²) in [6, 6.07) is 5.75. The lowest BCUT2D eigenvalue weighted by atomic mass is 10.1. The lowest BCUT2D eigenvalue weighted by Gasteiger charge is -2.14. The number of carbonyl (C=O) groups is 1. The predicted octanol–water partition coefficient (Wildman–Crippen LogP) is 1.85. The number of hydrogen-bond donors (Lipinski definition) is 1. The van der Waals surface area contributed by atoms with Crippen LogP contribution in [0.15, 0.2) is 36.8 Å². The highest BCUT2D eigenvalue weighted by molar-refractivity contribution is 5.76. The Hall–Kier alpha value is -2.17. The number of hydrogen-bond acceptors (Lipinski definition) is 3. The minimum atomic E-state index is -0.0294. The van der Waals surface area contributed by atoms with Crippen molar-refractivity contribution in [2.45, 2.75) is 32.9 Å². The quantitative estimate of drug-likeness (QED) is 0.890. The molecule has 0 saturated heterocycles. The summed E-state index contributed by atoms with van der Waals surface area (Å²) < 4.78 is 1.75. The first-order valence-corrected chi connectivity index (χ1v) is 6.34. The topological polar surface area (TPSA) is 59.8 Å². The molecule has 1 amide bonds. The van der Waals surface area contributed by atoms with Gasteiger partial charge in [-0.3, -0.25) is 14.5 Å². The Balaban J connectivity index is 1.83. The number of pyridine rings is 1. The molecule has 0 aliphatic rings. The molecule has 0 aromatic carbocycles. The highest BCUT2D eigenvalue weighted by Crippen LogP contribution is 2.11. The fraction of sp³-hybridized carbons (Fsp3) is 0.357. The molecule has 0 spiro atoms. The molecule has 1 N–H and O–H groups in total. The van der Waals surface area contributed by atoms with Gasteiger partial charge >= 0.3 is 0 Å². The van der Waals surface area contributed by atoms with E-state index in [4.69, 9.17) is 0 Å². The van der Waals surface area contributed by atoms with Gasteiger partial charge in [0.25, 0.3) is 0 Å². The van der Waals surface area contributed by atoms with Crippen molar-refractivity contribution in [2.75, 3.05) is 0 Å². The third kappa shape index (κ3) is 3.91. The molecular weight excluding hydrogens is 240 g/mol. The number of nitrogens with one attached hydrogen (secondary N) is 1. The number of rotatable bonds is 5. The van der Waals surface area contributed by atoms with Crippen molar-refractivity contribution in [3.05, 3.63) is 48.0 Å². The summed E-state index contributed by atoms with van der Waals surface area (Å²) in [4.78, 5) is 16.0. The van der Waals surface area contributed by atoms with Gasteiger partial charge in [0.1, 0.15) is 0 Å². The van der Waals surface area contributed by atoms with Crippen molar-refractivity contribution in [3.8, 4) is 0 Å². The van der Waals surface area contributed by atoms with Crippen molar-refractivity contribution < 1.29 is 4.79 Å². The van der Waals surface area contributed by atoms with Crippen molar-refractivity contribution in [3.63, 3.8) is 0 Å². The maximum atomic E-state index is 11.8. The lowest BCUT2D eigenvalue weighted by molar-refractivity contribution is -0.122. The highest BCUT2D eigenvalue weighted by Gasteiger charge is 2.09. The van der Waals surface area contributed by atoms with Gasteiger partial charge in [0.15, 0.2) is 0 Å². The summed E-state index contributed by atoms with van der Waals surface area (Å²) in [6.45, 7) is 4.49. The third-order valence-electron chi connectivity index (χ3n) is 2.94. The summed E-state index contributed by atoms with van der Waals surface area (Å²) in [5.41, 5.74) is 1.99. The number of aryl methyl sites for hydroxylation is 2. The van der Waals surface area contributed by atoms with Gasteiger partial charge in [-0.15, -0.1) is 0 Å². The Morgan fingerprint density at radius 2 is 2.32 bits per heavy atom. The maximum absolute atomic E-state index is 11.8. The molecule has 2 aromatic rings. The van der Waals surface area contributed by atoms with Gasteiger partial charge in [0.2, 0.25) is 5.91 Å². The molecule has 0 aliphatic carbocycles. The summed E-state index contributed by atoms with van der Waals surface area (Å²) >= 11 is 0. The number of carbonyl (C=O) groups excluding carboxylic acids is 1. The molecule has 0 aliphatic heterocycles. The number of aromatic nitrogens is 3. The third-order valence-corrected chi connectivity index (χ3v) is 2.94. The predicted molar refractivity (Wildman–Crippen MR) is 72.4 cm³/mol. The van der Waals surface area contributed by atoms with E-state index in [-0.39, 0.29) is 11.9 Å². The van der Waals surface area contributed by atoms with E-state index in [0.717, 1.165) is 11.3 Å². The van der Waals surface area contributed by atoms with Crippen LogP contribution in [-0.2, 0) is 11.3 Å². The Morgan fingerprint density at radius 3 is 2.95 bits per heavy atom. The smallest absolute Gasteiger partial charge is 0.222 e. The normalized spacial score (nSPS) is 12.1. The minimum absolute atomic E-state index is 0.0172. The van der Waals surface area contributed by atoms with E-state index in [1.807, 2.05) is 38.2 Å². The average Bonchev–Trinajstić information content (AvgIpc) is 2.90. The molecule has 0 saturated carbocycles. The van der Waals surface area contributed by atoms with Crippen LogP contribution in [0.2, 0.25) is 0 Å². The van der Waals surface area contributed by atoms with Crippen LogP contribution in [0.25, 0.3) is 0 Å². The first-order valence-electron chi connectivity index (χ1n) is 6.34. The Labute approximate surface area is 112 Å². The summed E-state index contributed by atoms with van der Waals surface area (Å²) in [6.07, 6.45) is 5.78. The molecule has 100 valence electrons. The lowest BCUT2D eigenvalue weighted by Crippen LogP contribution is -2.27. The van der Waals surface area contributed by atoms with E-state index >= 15 is 0 Å². The summed E-state index contributed by atoms with van der Waals surface area (Å²) in [7, 11) is 0. The van der Waals surface area contributed by atoms with E-state index in [1.54, 1.807) is 17.1 Å². The van der Waals surface area contributed by atoms with Crippen LogP contribution in [-0.4, -0.2) is 20.7 Å². The van der Waals surface area contributed by atoms with Crippen LogP contribution >= 0.6 is 0 Å². The van der Waals surface area contributed by atoms with E-state index in [0.29, 0.717) is 13.0 Å². The molecule has 1 atom stereocenters. The summed E-state index contributed by atoms with van der Waals surface area (Å²) in [5, 5.41) is 7.02. The van der Waals surface area contributed by atoms with Crippen LogP contribution in [0.1, 0.15) is 30.6 Å². The first kappa shape index (κ1) is 13.3. The second-order valence-electron chi connectivity index (χ2n) is 4.54. The van der Waals surface area contributed by atoms with Gasteiger partial charge in [-0.2, -0.15) is 5.10 Å². The molecule has 0 unspecified atom stereocenters. The van der Waals surface area contributed by atoms with Crippen LogP contribution < -0.4 is 5.32 Å². The van der Waals surface area contributed by atoms with Gasteiger partial charge in [-0.05, 0) is 31.5 Å². The average molecular weight is 258 g/mol. The van der Waals surface area contributed by atoms with Crippen molar-refractivity contribution >= 4 is 5.91 Å². The van der Waals surface area contributed by atoms with Crippen LogP contribution in [0.5, 0.6) is 0 Å². The Bertz CT molecular complexity index is 519. The highest BCUT2D eigenvalue weighted by atomic mass is 16.1. The molecule has 0 fully saturated rings. The van der Waals surface area contributed by atoms with Crippen molar-refractivity contribution in [2.24, 2.45) is 0 Å². The fourth-order valence-electron chi connectivity index (χ4n) is 1.78. The Morgan fingerprint density at radius 1 is 1.47 bits per heavy atom. The molecule has 5 heteroatoms. The second kappa shape index (κ2) is 6.13. The zero-order valence-electron chi connectivity index (χ0n) is 11.2. The van der Waals surface area contributed by atoms with Gasteiger partial charge in [0, 0.05) is 37.3 Å². The number of amides is 1. The first-order chi connectivity index (χ1) is 9.15. The van der Waals surface area contributed by atoms with Crippen molar-refractivity contribution in [1.82, 2.24) is 20.1 Å². The molecule has 0 radical (unpaired) electrons. The van der Waals surface area contributed by atoms with Crippen LogP contribution in [0.3, 0.4) is 0 Å². The Kier molecular flexibility index (Phi) is 4.28. The van der Waals surface area contributed by atoms with E-state index in [9.17, 15) is 4.79 Å². The van der Waals surface area contributed by atoms with Crippen molar-refractivity contribution in [1.29, 1.82) is 0 Å². The molecule has 2 rings (SSSR count). The SMILES string of the molecule is Cc1ccc([C@H](C)NC(=O)CCn2cccn2)cn1. The molecule has 19 heavy (non-hydrogen) atoms. The van der Waals surface area contributed by atoms with Gasteiger partial charge in [-0.25, -0.2) is 0 Å². The monoisotopic (exact) mass is 258 g/mol. The molecule has 0 bridgehead atoms. The molecule has 5 nitrogen and oxygen atoms in total.